The molecule has 0 fully saturated rings. The minimum absolute atomic E-state index is 0.330. The molecule has 0 saturated heterocycles. The minimum Gasteiger partial charge on any atom is -0.309 e. The second-order valence-electron chi connectivity index (χ2n) is 3.92. The van der Waals surface area contributed by atoms with E-state index in [0.29, 0.717) is 15.6 Å². The Bertz CT molecular complexity index is 557. The van der Waals surface area contributed by atoms with E-state index in [2.05, 4.69) is 21.2 Å². The van der Waals surface area contributed by atoms with Crippen molar-refractivity contribution in [3.8, 4) is 0 Å². The summed E-state index contributed by atoms with van der Waals surface area (Å²) in [4.78, 5) is 0. The van der Waals surface area contributed by atoms with Gasteiger partial charge < -0.3 is 5.32 Å². The van der Waals surface area contributed by atoms with Crippen molar-refractivity contribution in [3.05, 3.63) is 69.7 Å². The van der Waals surface area contributed by atoms with Crippen LogP contribution in [-0.2, 0) is 0 Å². The fourth-order valence-electron chi connectivity index (χ4n) is 1.93. The molecular weight excluding hydrogens is 300 g/mol. The SMILES string of the molecule is CNC(c1cccc(F)c1)c1cccc(Br)c1F. The van der Waals surface area contributed by atoms with Crippen LogP contribution >= 0.6 is 15.9 Å². The van der Waals surface area contributed by atoms with E-state index in [4.69, 9.17) is 0 Å². The van der Waals surface area contributed by atoms with E-state index in [1.165, 1.54) is 12.1 Å². The monoisotopic (exact) mass is 311 g/mol. The van der Waals surface area contributed by atoms with E-state index in [1.807, 2.05) is 0 Å². The summed E-state index contributed by atoms with van der Waals surface area (Å²) in [7, 11) is 1.72. The lowest BCUT2D eigenvalue weighted by atomic mass is 9.98. The van der Waals surface area contributed by atoms with Crippen LogP contribution in [0.1, 0.15) is 17.2 Å². The number of benzene rings is 2. The van der Waals surface area contributed by atoms with Crippen molar-refractivity contribution in [3.63, 3.8) is 0 Å². The van der Waals surface area contributed by atoms with Crippen LogP contribution in [0, 0.1) is 11.6 Å². The van der Waals surface area contributed by atoms with Gasteiger partial charge in [-0.05, 0) is 46.7 Å². The van der Waals surface area contributed by atoms with Gasteiger partial charge in [0.2, 0.25) is 0 Å². The zero-order chi connectivity index (χ0) is 13.1. The van der Waals surface area contributed by atoms with Gasteiger partial charge in [-0.3, -0.25) is 0 Å². The van der Waals surface area contributed by atoms with E-state index in [9.17, 15) is 8.78 Å². The molecule has 1 atom stereocenters. The molecule has 0 spiro atoms. The fourth-order valence-corrected chi connectivity index (χ4v) is 2.31. The summed E-state index contributed by atoms with van der Waals surface area (Å²) in [6.45, 7) is 0. The van der Waals surface area contributed by atoms with E-state index in [-0.39, 0.29) is 17.7 Å². The summed E-state index contributed by atoms with van der Waals surface area (Å²) in [6.07, 6.45) is 0. The number of halogens is 3. The summed E-state index contributed by atoms with van der Waals surface area (Å²) in [6, 6.07) is 10.9. The Morgan fingerprint density at radius 2 is 1.83 bits per heavy atom. The van der Waals surface area contributed by atoms with Gasteiger partial charge in [0, 0.05) is 5.56 Å². The third-order valence-corrected chi connectivity index (χ3v) is 3.38. The smallest absolute Gasteiger partial charge is 0.142 e. The maximum absolute atomic E-state index is 14.0. The van der Waals surface area contributed by atoms with Crippen molar-refractivity contribution in [1.82, 2.24) is 5.32 Å². The second kappa shape index (κ2) is 5.59. The molecule has 0 radical (unpaired) electrons. The van der Waals surface area contributed by atoms with Crippen molar-refractivity contribution in [2.45, 2.75) is 6.04 Å². The molecule has 0 heterocycles. The minimum atomic E-state index is -0.377. The lowest BCUT2D eigenvalue weighted by Gasteiger charge is -2.18. The van der Waals surface area contributed by atoms with E-state index < -0.39 is 0 Å². The van der Waals surface area contributed by atoms with Crippen molar-refractivity contribution in [1.29, 1.82) is 0 Å². The quantitative estimate of drug-likeness (QED) is 0.902. The van der Waals surface area contributed by atoms with Crippen LogP contribution in [-0.4, -0.2) is 7.05 Å². The van der Waals surface area contributed by atoms with Gasteiger partial charge in [0.05, 0.1) is 10.5 Å². The molecule has 2 aromatic carbocycles. The van der Waals surface area contributed by atoms with Crippen molar-refractivity contribution < 1.29 is 8.78 Å². The average molecular weight is 312 g/mol. The number of nitrogens with one attached hydrogen (secondary N) is 1. The topological polar surface area (TPSA) is 12.0 Å². The molecule has 0 aliphatic rings. The summed E-state index contributed by atoms with van der Waals surface area (Å²) < 4.78 is 27.7. The van der Waals surface area contributed by atoms with Gasteiger partial charge >= 0.3 is 0 Å². The van der Waals surface area contributed by atoms with Gasteiger partial charge in [-0.2, -0.15) is 0 Å². The highest BCUT2D eigenvalue weighted by Gasteiger charge is 2.17. The molecule has 2 rings (SSSR count). The predicted octanol–water partition coefficient (Wildman–Crippen LogP) is 4.04. The molecule has 0 aromatic heterocycles. The van der Waals surface area contributed by atoms with Crippen LogP contribution in [0.2, 0.25) is 0 Å². The van der Waals surface area contributed by atoms with Crippen LogP contribution in [0.5, 0.6) is 0 Å². The second-order valence-corrected chi connectivity index (χ2v) is 4.77. The van der Waals surface area contributed by atoms with Crippen LogP contribution in [0.15, 0.2) is 46.9 Å². The lowest BCUT2D eigenvalue weighted by Crippen LogP contribution is -2.19. The Hall–Kier alpha value is -1.26. The molecule has 2 aromatic rings. The van der Waals surface area contributed by atoms with E-state index >= 15 is 0 Å². The first-order valence-electron chi connectivity index (χ1n) is 5.50. The highest BCUT2D eigenvalue weighted by molar-refractivity contribution is 9.10. The molecule has 1 N–H and O–H groups in total. The third-order valence-electron chi connectivity index (χ3n) is 2.76. The van der Waals surface area contributed by atoms with Gasteiger partial charge in [-0.25, -0.2) is 8.78 Å². The van der Waals surface area contributed by atoms with Gasteiger partial charge in [0.25, 0.3) is 0 Å². The molecule has 0 aliphatic carbocycles. The zero-order valence-corrected chi connectivity index (χ0v) is 11.3. The molecule has 0 bridgehead atoms. The molecule has 94 valence electrons. The van der Waals surface area contributed by atoms with Crippen molar-refractivity contribution in [2.24, 2.45) is 0 Å². The highest BCUT2D eigenvalue weighted by atomic mass is 79.9. The van der Waals surface area contributed by atoms with Crippen LogP contribution < -0.4 is 5.32 Å². The number of rotatable bonds is 3. The first-order chi connectivity index (χ1) is 8.63. The normalized spacial score (nSPS) is 12.4. The maximum Gasteiger partial charge on any atom is 0.142 e. The van der Waals surface area contributed by atoms with E-state index in [0.717, 1.165) is 0 Å². The Balaban J connectivity index is 2.49. The number of hydrogen-bond acceptors (Lipinski definition) is 1. The average Bonchev–Trinajstić information content (AvgIpc) is 2.35. The van der Waals surface area contributed by atoms with E-state index in [1.54, 1.807) is 37.4 Å². The molecule has 0 saturated carbocycles. The summed E-state index contributed by atoms with van der Waals surface area (Å²) in [5, 5.41) is 3.00. The van der Waals surface area contributed by atoms with Gasteiger partial charge in [-0.1, -0.05) is 24.3 Å². The van der Waals surface area contributed by atoms with Gasteiger partial charge in [0.15, 0.2) is 0 Å². The van der Waals surface area contributed by atoms with Crippen molar-refractivity contribution >= 4 is 15.9 Å². The van der Waals surface area contributed by atoms with Crippen LogP contribution in [0.4, 0.5) is 8.78 Å². The Labute approximate surface area is 113 Å². The zero-order valence-electron chi connectivity index (χ0n) is 9.75. The predicted molar refractivity (Wildman–Crippen MR) is 71.4 cm³/mol. The molecule has 18 heavy (non-hydrogen) atoms. The Morgan fingerprint density at radius 3 is 2.50 bits per heavy atom. The standard InChI is InChI=1S/C14H12BrF2N/c1-18-14(9-4-2-5-10(16)8-9)11-6-3-7-12(15)13(11)17/h2-8,14,18H,1H3. The largest absolute Gasteiger partial charge is 0.309 e. The molecule has 1 unspecified atom stereocenters. The van der Waals surface area contributed by atoms with Crippen LogP contribution in [0.25, 0.3) is 0 Å². The van der Waals surface area contributed by atoms with Crippen LogP contribution in [0.3, 0.4) is 0 Å². The molecule has 4 heteroatoms. The molecular formula is C14H12BrF2N. The number of hydrogen-bond donors (Lipinski definition) is 1. The first kappa shape index (κ1) is 13.2. The fraction of sp³-hybridized carbons (Fsp3) is 0.143. The molecule has 0 aliphatic heterocycles. The van der Waals surface area contributed by atoms with Crippen molar-refractivity contribution in [2.75, 3.05) is 7.05 Å². The summed E-state index contributed by atoms with van der Waals surface area (Å²) in [5.74, 6) is -0.663. The molecule has 1 nitrogen and oxygen atoms in total. The summed E-state index contributed by atoms with van der Waals surface area (Å²) >= 11 is 3.15. The third kappa shape index (κ3) is 2.60. The Kier molecular flexibility index (Phi) is 4.09. The highest BCUT2D eigenvalue weighted by Crippen LogP contribution is 2.28. The lowest BCUT2D eigenvalue weighted by molar-refractivity contribution is 0.567. The van der Waals surface area contributed by atoms with Gasteiger partial charge in [-0.15, -0.1) is 0 Å². The molecule has 0 amide bonds. The van der Waals surface area contributed by atoms with Gasteiger partial charge in [0.1, 0.15) is 11.6 Å². The summed E-state index contributed by atoms with van der Waals surface area (Å²) in [5.41, 5.74) is 1.17. The Morgan fingerprint density at radius 1 is 1.11 bits per heavy atom. The maximum atomic E-state index is 14.0. The first-order valence-corrected chi connectivity index (χ1v) is 6.29.